The van der Waals surface area contributed by atoms with Crippen LogP contribution in [0.3, 0.4) is 0 Å². The van der Waals surface area contributed by atoms with Crippen molar-refractivity contribution in [3.63, 3.8) is 0 Å². The molecule has 0 radical (unpaired) electrons. The molecule has 0 aromatic heterocycles. The predicted molar refractivity (Wildman–Crippen MR) is 52.6 cm³/mol. The van der Waals surface area contributed by atoms with Crippen molar-refractivity contribution in [3.05, 3.63) is 24.3 Å². The van der Waals surface area contributed by atoms with Gasteiger partial charge in [0, 0.05) is 4.90 Å². The van der Waals surface area contributed by atoms with E-state index in [0.29, 0.717) is 12.4 Å². The highest BCUT2D eigenvalue weighted by molar-refractivity contribution is 7.79. The van der Waals surface area contributed by atoms with Gasteiger partial charge in [-0.15, -0.1) is 5.92 Å². The van der Waals surface area contributed by atoms with Gasteiger partial charge in [0.25, 0.3) is 0 Å². The zero-order chi connectivity index (χ0) is 10.4. The third-order valence-electron chi connectivity index (χ3n) is 1.50. The summed E-state index contributed by atoms with van der Waals surface area (Å²) in [5.41, 5.74) is 0. The van der Waals surface area contributed by atoms with Crippen LogP contribution >= 0.6 is 0 Å². The van der Waals surface area contributed by atoms with Crippen LogP contribution in [0.1, 0.15) is 6.92 Å². The van der Waals surface area contributed by atoms with Gasteiger partial charge >= 0.3 is 0 Å². The minimum absolute atomic E-state index is 0.249. The lowest BCUT2D eigenvalue weighted by Crippen LogP contribution is -1.94. The monoisotopic (exact) mass is 209 g/mol. The molecule has 0 bridgehead atoms. The molecule has 3 nitrogen and oxygen atoms in total. The lowest BCUT2D eigenvalue weighted by Gasteiger charge is -2.06. The zero-order valence-corrected chi connectivity index (χ0v) is 8.47. The van der Waals surface area contributed by atoms with E-state index in [1.807, 2.05) is 0 Å². The van der Waals surface area contributed by atoms with E-state index in [0.717, 1.165) is 0 Å². The van der Waals surface area contributed by atoms with Gasteiger partial charge in [0.05, 0.1) is 0 Å². The number of ether oxygens (including phenoxy) is 1. The van der Waals surface area contributed by atoms with Gasteiger partial charge in [0.2, 0.25) is 0 Å². The summed E-state index contributed by atoms with van der Waals surface area (Å²) in [5.74, 6) is 6.05. The minimum atomic E-state index is -2.18. The number of benzene rings is 1. The molecule has 74 valence electrons. The van der Waals surface area contributed by atoms with E-state index in [1.54, 1.807) is 19.1 Å². The lowest BCUT2D eigenvalue weighted by molar-refractivity contribution is 0.370. The highest BCUT2D eigenvalue weighted by Crippen LogP contribution is 2.13. The van der Waals surface area contributed by atoms with Crippen molar-refractivity contribution >= 4 is 11.1 Å². The summed E-state index contributed by atoms with van der Waals surface area (Å²) in [5, 5.41) is 0. The quantitative estimate of drug-likeness (QED) is 0.557. The molecule has 0 aliphatic carbocycles. The van der Waals surface area contributed by atoms with E-state index in [1.165, 1.54) is 12.1 Å². The SMILES string of the molecule is CC#CCOc1ccc(S(=O)[O-])cc1. The molecule has 0 aliphatic heterocycles. The highest BCUT2D eigenvalue weighted by Gasteiger charge is 1.93. The van der Waals surface area contributed by atoms with Crippen LogP contribution in [0.4, 0.5) is 0 Å². The maximum Gasteiger partial charge on any atom is 0.149 e. The van der Waals surface area contributed by atoms with Gasteiger partial charge in [-0.25, -0.2) is 0 Å². The molecule has 0 saturated carbocycles. The van der Waals surface area contributed by atoms with E-state index < -0.39 is 11.1 Å². The van der Waals surface area contributed by atoms with Crippen molar-refractivity contribution in [2.75, 3.05) is 6.61 Å². The maximum atomic E-state index is 10.5. The zero-order valence-electron chi connectivity index (χ0n) is 7.65. The Bertz CT molecular complexity index is 373. The Labute approximate surface area is 85.4 Å². The van der Waals surface area contributed by atoms with Crippen molar-refractivity contribution in [1.29, 1.82) is 0 Å². The first-order valence-electron chi connectivity index (χ1n) is 3.96. The molecule has 1 aromatic carbocycles. The predicted octanol–water partition coefficient (Wildman–Crippen LogP) is 1.33. The van der Waals surface area contributed by atoms with E-state index in [-0.39, 0.29) is 4.90 Å². The highest BCUT2D eigenvalue weighted by atomic mass is 32.2. The Morgan fingerprint density at radius 2 is 2.07 bits per heavy atom. The van der Waals surface area contributed by atoms with Crippen LogP contribution in [0.25, 0.3) is 0 Å². The van der Waals surface area contributed by atoms with E-state index in [2.05, 4.69) is 11.8 Å². The molecule has 1 rings (SSSR count). The van der Waals surface area contributed by atoms with E-state index >= 15 is 0 Å². The van der Waals surface area contributed by atoms with E-state index in [9.17, 15) is 8.76 Å². The van der Waals surface area contributed by atoms with Gasteiger partial charge in [-0.3, -0.25) is 4.21 Å². The Balaban J connectivity index is 2.62. The van der Waals surface area contributed by atoms with Crippen molar-refractivity contribution in [3.8, 4) is 17.6 Å². The Morgan fingerprint density at radius 1 is 1.43 bits per heavy atom. The van der Waals surface area contributed by atoms with Crippen molar-refractivity contribution < 1.29 is 13.5 Å². The first-order valence-corrected chi connectivity index (χ1v) is 5.03. The topological polar surface area (TPSA) is 49.4 Å². The van der Waals surface area contributed by atoms with Crippen LogP contribution in [-0.4, -0.2) is 15.4 Å². The molecule has 0 amide bonds. The summed E-state index contributed by atoms with van der Waals surface area (Å²) in [6.45, 7) is 2.04. The first kappa shape index (κ1) is 10.8. The molecule has 0 spiro atoms. The standard InChI is InChI=1S/C10H10O3S/c1-2-3-8-13-9-4-6-10(7-5-9)14(11)12/h4-7H,8H2,1H3,(H,11,12)/p-1. The molecule has 4 heteroatoms. The third kappa shape index (κ3) is 3.21. The van der Waals surface area contributed by atoms with Crippen LogP contribution in [0.15, 0.2) is 29.2 Å². The molecule has 0 saturated heterocycles. The van der Waals surface area contributed by atoms with Gasteiger partial charge in [0.15, 0.2) is 0 Å². The van der Waals surface area contributed by atoms with Crippen LogP contribution in [0.2, 0.25) is 0 Å². The molecule has 0 fully saturated rings. The molecular weight excluding hydrogens is 200 g/mol. The third-order valence-corrected chi connectivity index (χ3v) is 2.16. The number of rotatable bonds is 3. The smallest absolute Gasteiger partial charge is 0.149 e. The summed E-state index contributed by atoms with van der Waals surface area (Å²) in [4.78, 5) is 0.249. The molecule has 14 heavy (non-hydrogen) atoms. The van der Waals surface area contributed by atoms with Crippen molar-refractivity contribution in [1.82, 2.24) is 0 Å². The summed E-state index contributed by atoms with van der Waals surface area (Å²) in [7, 11) is 0. The molecule has 1 atom stereocenters. The second kappa shape index (κ2) is 5.43. The normalized spacial score (nSPS) is 11.3. The summed E-state index contributed by atoms with van der Waals surface area (Å²) in [6.07, 6.45) is 0. The van der Waals surface area contributed by atoms with Gasteiger partial charge in [0.1, 0.15) is 12.4 Å². The fraction of sp³-hybridized carbons (Fsp3) is 0.200. The Morgan fingerprint density at radius 3 is 2.57 bits per heavy atom. The minimum Gasteiger partial charge on any atom is -0.768 e. The Hall–Kier alpha value is -1.31. The maximum absolute atomic E-state index is 10.5. The molecule has 0 aliphatic rings. The molecule has 0 heterocycles. The average Bonchev–Trinajstić information content (AvgIpc) is 2.19. The van der Waals surface area contributed by atoms with Crippen LogP contribution < -0.4 is 4.74 Å². The van der Waals surface area contributed by atoms with Crippen LogP contribution in [0, 0.1) is 11.8 Å². The van der Waals surface area contributed by atoms with Gasteiger partial charge in [-0.1, -0.05) is 5.92 Å². The van der Waals surface area contributed by atoms with Gasteiger partial charge in [-0.05, 0) is 42.3 Å². The Kier molecular flexibility index (Phi) is 4.17. The van der Waals surface area contributed by atoms with E-state index in [4.69, 9.17) is 4.74 Å². The summed E-state index contributed by atoms with van der Waals surface area (Å²) in [6, 6.07) is 6.17. The average molecular weight is 209 g/mol. The van der Waals surface area contributed by atoms with Gasteiger partial charge < -0.3 is 9.29 Å². The molecule has 0 N–H and O–H groups in total. The first-order chi connectivity index (χ1) is 6.74. The largest absolute Gasteiger partial charge is 0.768 e. The lowest BCUT2D eigenvalue weighted by atomic mass is 10.3. The molecule has 1 unspecified atom stereocenters. The number of hydrogen-bond acceptors (Lipinski definition) is 3. The second-order valence-electron chi connectivity index (χ2n) is 2.42. The van der Waals surface area contributed by atoms with Crippen LogP contribution in [-0.2, 0) is 11.1 Å². The van der Waals surface area contributed by atoms with Crippen LogP contribution in [0.5, 0.6) is 5.75 Å². The molecule has 1 aromatic rings. The number of hydrogen-bond donors (Lipinski definition) is 0. The second-order valence-corrected chi connectivity index (χ2v) is 3.36. The van der Waals surface area contributed by atoms with Crippen molar-refractivity contribution in [2.45, 2.75) is 11.8 Å². The fourth-order valence-corrected chi connectivity index (χ4v) is 1.20. The fourth-order valence-electron chi connectivity index (χ4n) is 0.839. The summed E-state index contributed by atoms with van der Waals surface area (Å²) < 4.78 is 26.2. The molecular formula is C10H9O3S-. The van der Waals surface area contributed by atoms with Gasteiger partial charge in [-0.2, -0.15) is 0 Å². The summed E-state index contributed by atoms with van der Waals surface area (Å²) >= 11 is -2.18. The van der Waals surface area contributed by atoms with Crippen molar-refractivity contribution in [2.24, 2.45) is 0 Å².